The second-order valence-corrected chi connectivity index (χ2v) is 3.91. The van der Waals surface area contributed by atoms with E-state index in [1.165, 1.54) is 34.5 Å². The van der Waals surface area contributed by atoms with Crippen molar-refractivity contribution in [1.29, 1.82) is 0 Å². The van der Waals surface area contributed by atoms with Gasteiger partial charge >= 0.3 is 65.6 Å². The van der Waals surface area contributed by atoms with E-state index in [1.54, 1.807) is 0 Å². The van der Waals surface area contributed by atoms with Gasteiger partial charge in [-0.05, 0) is 0 Å². The number of hydrogen-bond donors (Lipinski definition) is 0. The standard InChI is InChI=1S/C7H7.Pb/c1-7-5-3-2-4-6-7;/h2-5H,1H3;. The minimum absolute atomic E-state index is 1.18. The fourth-order valence-electron chi connectivity index (χ4n) is 0.573. The average molecular weight is 298 g/mol. The zero-order valence-electron chi connectivity index (χ0n) is 4.81. The molecule has 1 aromatic rings. The van der Waals surface area contributed by atoms with Crippen molar-refractivity contribution in [3.8, 4) is 0 Å². The summed E-state index contributed by atoms with van der Waals surface area (Å²) in [5.74, 6) is 0. The summed E-state index contributed by atoms with van der Waals surface area (Å²) >= 11 is 1.18. The first-order chi connectivity index (χ1) is 3.80. The fraction of sp³-hybridized carbons (Fsp3) is 0.143. The first-order valence-corrected chi connectivity index (χ1v) is 4.52. The van der Waals surface area contributed by atoms with Gasteiger partial charge in [0.1, 0.15) is 0 Å². The van der Waals surface area contributed by atoms with Gasteiger partial charge in [-0.3, -0.25) is 0 Å². The van der Waals surface area contributed by atoms with Gasteiger partial charge < -0.3 is 0 Å². The van der Waals surface area contributed by atoms with Crippen LogP contribution in [0.3, 0.4) is 0 Å². The Hall–Kier alpha value is 0.142. The van der Waals surface area contributed by atoms with Crippen LogP contribution in [-0.4, -0.2) is 25.8 Å². The molecule has 3 radical (unpaired) electrons. The molecule has 0 aliphatic heterocycles. The summed E-state index contributed by atoms with van der Waals surface area (Å²) in [4.78, 5) is 0. The number of aryl methyl sites for hydroxylation is 1. The normalized spacial score (nSPS) is 9.25. The molecule has 0 saturated carbocycles. The van der Waals surface area contributed by atoms with Crippen LogP contribution in [0.5, 0.6) is 0 Å². The predicted octanol–water partition coefficient (Wildman–Crippen LogP) is 0.789. The van der Waals surface area contributed by atoms with Crippen LogP contribution >= 0.6 is 0 Å². The Balaban J connectivity index is 3.13. The van der Waals surface area contributed by atoms with Gasteiger partial charge in [-0.25, -0.2) is 0 Å². The van der Waals surface area contributed by atoms with Crippen LogP contribution in [-0.2, 0) is 0 Å². The monoisotopic (exact) mass is 299 g/mol. The van der Waals surface area contributed by atoms with Crippen molar-refractivity contribution in [2.75, 3.05) is 0 Å². The third-order valence-corrected chi connectivity index (χ3v) is 3.33. The van der Waals surface area contributed by atoms with Crippen molar-refractivity contribution in [3.63, 3.8) is 0 Å². The van der Waals surface area contributed by atoms with Crippen molar-refractivity contribution in [2.24, 2.45) is 0 Å². The van der Waals surface area contributed by atoms with Crippen molar-refractivity contribution in [2.45, 2.75) is 6.92 Å². The molecule has 0 N–H and O–H groups in total. The Morgan fingerprint density at radius 2 is 1.88 bits per heavy atom. The molecule has 0 amide bonds. The Morgan fingerprint density at radius 1 is 1.25 bits per heavy atom. The fourth-order valence-corrected chi connectivity index (χ4v) is 1.27. The summed E-state index contributed by atoms with van der Waals surface area (Å²) in [6.07, 6.45) is 0. The van der Waals surface area contributed by atoms with E-state index >= 15 is 0 Å². The van der Waals surface area contributed by atoms with Gasteiger partial charge in [-0.1, -0.05) is 0 Å². The molecule has 1 aromatic carbocycles. The zero-order valence-corrected chi connectivity index (χ0v) is 8.70. The van der Waals surface area contributed by atoms with Gasteiger partial charge in [0.15, 0.2) is 0 Å². The molecule has 0 saturated heterocycles. The molecule has 0 fully saturated rings. The molecule has 0 atom stereocenters. The molecule has 0 aromatic heterocycles. The van der Waals surface area contributed by atoms with E-state index in [9.17, 15) is 0 Å². The molecular weight excluding hydrogens is 291 g/mol. The molecule has 0 nitrogen and oxygen atoms in total. The van der Waals surface area contributed by atoms with Crippen LogP contribution in [0, 0.1) is 6.92 Å². The molecule has 1 heteroatoms. The van der Waals surface area contributed by atoms with E-state index in [4.69, 9.17) is 0 Å². The first-order valence-electron chi connectivity index (χ1n) is 2.58. The Labute approximate surface area is 65.6 Å². The third kappa shape index (κ3) is 1.31. The average Bonchev–Trinajstić information content (AvgIpc) is 1.77. The molecule has 0 unspecified atom stereocenters. The van der Waals surface area contributed by atoms with E-state index < -0.39 is 0 Å². The number of benzene rings is 1. The summed E-state index contributed by atoms with van der Waals surface area (Å²) in [5.41, 5.74) is 1.43. The minimum atomic E-state index is 1.18. The van der Waals surface area contributed by atoms with Crippen molar-refractivity contribution < 1.29 is 0 Å². The maximum atomic E-state index is 2.18. The molecule has 0 heterocycles. The van der Waals surface area contributed by atoms with E-state index in [0.717, 1.165) is 0 Å². The summed E-state index contributed by atoms with van der Waals surface area (Å²) in [6.45, 7) is 2.16. The summed E-state index contributed by atoms with van der Waals surface area (Å²) in [5, 5.41) is 0. The van der Waals surface area contributed by atoms with Gasteiger partial charge in [-0.2, -0.15) is 0 Å². The first kappa shape index (κ1) is 6.26. The van der Waals surface area contributed by atoms with Crippen LogP contribution in [0.15, 0.2) is 24.3 Å². The molecular formula is C7H7Pb. The SMILES string of the molecule is Cc1cccc[c]1[Pb]. The van der Waals surface area contributed by atoms with Crippen LogP contribution in [0.1, 0.15) is 5.56 Å². The van der Waals surface area contributed by atoms with E-state index in [1.807, 2.05) is 0 Å². The molecule has 1 rings (SSSR count). The van der Waals surface area contributed by atoms with Crippen LogP contribution < -0.4 is 3.12 Å². The molecule has 0 bridgehead atoms. The van der Waals surface area contributed by atoms with Gasteiger partial charge in [0.25, 0.3) is 0 Å². The Bertz CT molecular complexity index is 160. The van der Waals surface area contributed by atoms with Gasteiger partial charge in [0, 0.05) is 0 Å². The quantitative estimate of drug-likeness (QED) is 0.621. The summed E-state index contributed by atoms with van der Waals surface area (Å²) < 4.78 is 1.51. The van der Waals surface area contributed by atoms with Crippen molar-refractivity contribution in [3.05, 3.63) is 29.8 Å². The van der Waals surface area contributed by atoms with E-state index in [0.29, 0.717) is 0 Å². The van der Waals surface area contributed by atoms with Gasteiger partial charge in [0.05, 0.1) is 0 Å². The second kappa shape index (κ2) is 2.62. The topological polar surface area (TPSA) is 0 Å². The third-order valence-electron chi connectivity index (χ3n) is 1.15. The molecule has 0 aliphatic rings. The van der Waals surface area contributed by atoms with Crippen molar-refractivity contribution >= 4 is 28.9 Å². The van der Waals surface area contributed by atoms with E-state index in [-0.39, 0.29) is 0 Å². The number of rotatable bonds is 0. The number of hydrogen-bond acceptors (Lipinski definition) is 0. The van der Waals surface area contributed by atoms with Crippen LogP contribution in [0.2, 0.25) is 0 Å². The molecule has 39 valence electrons. The summed E-state index contributed by atoms with van der Waals surface area (Å²) in [6, 6.07) is 8.51. The Morgan fingerprint density at radius 3 is 2.25 bits per heavy atom. The summed E-state index contributed by atoms with van der Waals surface area (Å²) in [7, 11) is 0. The molecule has 0 aliphatic carbocycles. The van der Waals surface area contributed by atoms with Crippen molar-refractivity contribution in [1.82, 2.24) is 0 Å². The predicted molar refractivity (Wildman–Crippen MR) is 36.6 cm³/mol. The van der Waals surface area contributed by atoms with Crippen LogP contribution in [0.4, 0.5) is 0 Å². The van der Waals surface area contributed by atoms with Gasteiger partial charge in [0.2, 0.25) is 0 Å². The van der Waals surface area contributed by atoms with Crippen LogP contribution in [0.25, 0.3) is 0 Å². The zero-order chi connectivity index (χ0) is 5.98. The maximum absolute atomic E-state index is 2.18. The molecule has 0 spiro atoms. The van der Waals surface area contributed by atoms with Gasteiger partial charge in [-0.15, -0.1) is 0 Å². The molecule has 8 heavy (non-hydrogen) atoms. The van der Waals surface area contributed by atoms with E-state index in [2.05, 4.69) is 31.2 Å². The second-order valence-electron chi connectivity index (χ2n) is 1.81. The Kier molecular flexibility index (Phi) is 2.05.